The lowest BCUT2D eigenvalue weighted by Gasteiger charge is -2.46. The van der Waals surface area contributed by atoms with Crippen LogP contribution in [-0.4, -0.2) is 61.4 Å². The van der Waals surface area contributed by atoms with Crippen LogP contribution < -0.4 is 9.47 Å². The van der Waals surface area contributed by atoms with Crippen molar-refractivity contribution in [1.29, 1.82) is 0 Å². The molecular weight excluding hydrogens is 350 g/mol. The Morgan fingerprint density at radius 3 is 2.63 bits per heavy atom. The predicted octanol–water partition coefficient (Wildman–Crippen LogP) is 1.71. The molecule has 1 aromatic rings. The number of aliphatic hydroxyl groups is 1. The zero-order chi connectivity index (χ0) is 19.1. The van der Waals surface area contributed by atoms with E-state index in [2.05, 4.69) is 0 Å². The molecule has 2 heterocycles. The maximum Gasteiger partial charge on any atom is 0.225 e. The molecule has 0 aromatic heterocycles. The minimum atomic E-state index is -1.10. The third-order valence-electron chi connectivity index (χ3n) is 6.16. The average Bonchev–Trinajstić information content (AvgIpc) is 3.22. The van der Waals surface area contributed by atoms with Crippen LogP contribution in [0.15, 0.2) is 18.2 Å². The van der Waals surface area contributed by atoms with Crippen LogP contribution in [0.25, 0.3) is 0 Å². The molecule has 1 saturated carbocycles. The number of likely N-dealkylation sites (tertiary alicyclic amines) is 1. The third kappa shape index (κ3) is 3.17. The highest BCUT2D eigenvalue weighted by molar-refractivity contribution is 5.80. The lowest BCUT2D eigenvalue weighted by molar-refractivity contribution is -0.238. The monoisotopic (exact) mass is 377 g/mol. The molecule has 1 spiro atoms. The lowest BCUT2D eigenvalue weighted by atomic mass is 9.78. The second kappa shape index (κ2) is 6.96. The molecule has 27 heavy (non-hydrogen) atoms. The molecule has 3 fully saturated rings. The zero-order valence-corrected chi connectivity index (χ0v) is 15.9. The molecule has 1 N–H and O–H groups in total. The van der Waals surface area contributed by atoms with Gasteiger partial charge in [-0.05, 0) is 24.1 Å². The first-order chi connectivity index (χ1) is 13.0. The fourth-order valence-electron chi connectivity index (χ4n) is 4.70. The number of benzene rings is 1. The molecular formula is C20H27NO6. The lowest BCUT2D eigenvalue weighted by Crippen LogP contribution is -2.56. The Hall–Kier alpha value is -1.83. The van der Waals surface area contributed by atoms with Gasteiger partial charge in [-0.3, -0.25) is 4.79 Å². The Morgan fingerprint density at radius 1 is 1.19 bits per heavy atom. The number of hydrogen-bond donors (Lipinski definition) is 1. The summed E-state index contributed by atoms with van der Waals surface area (Å²) < 4.78 is 22.2. The van der Waals surface area contributed by atoms with Gasteiger partial charge in [0.25, 0.3) is 0 Å². The van der Waals surface area contributed by atoms with E-state index in [1.165, 1.54) is 0 Å². The zero-order valence-electron chi connectivity index (χ0n) is 15.9. The fourth-order valence-corrected chi connectivity index (χ4v) is 4.70. The minimum Gasteiger partial charge on any atom is -0.493 e. The average molecular weight is 377 g/mol. The van der Waals surface area contributed by atoms with Gasteiger partial charge in [0.05, 0.1) is 27.4 Å². The maximum atomic E-state index is 12.6. The molecule has 0 bridgehead atoms. The van der Waals surface area contributed by atoms with Gasteiger partial charge in [0.1, 0.15) is 5.72 Å². The maximum absolute atomic E-state index is 12.6. The normalized spacial score (nSPS) is 29.2. The van der Waals surface area contributed by atoms with Gasteiger partial charge in [0.15, 0.2) is 17.3 Å². The van der Waals surface area contributed by atoms with Crippen molar-refractivity contribution >= 4 is 5.91 Å². The summed E-state index contributed by atoms with van der Waals surface area (Å²) in [4.78, 5) is 14.3. The number of hydrogen-bond acceptors (Lipinski definition) is 6. The van der Waals surface area contributed by atoms with Crippen molar-refractivity contribution in [3.8, 4) is 11.5 Å². The van der Waals surface area contributed by atoms with E-state index in [4.69, 9.17) is 18.9 Å². The summed E-state index contributed by atoms with van der Waals surface area (Å²) in [7, 11) is 3.20. The van der Waals surface area contributed by atoms with Crippen molar-refractivity contribution in [2.24, 2.45) is 5.92 Å². The number of ether oxygens (including phenoxy) is 4. The molecule has 1 amide bonds. The van der Waals surface area contributed by atoms with Crippen LogP contribution in [0.4, 0.5) is 0 Å². The second-order valence-corrected chi connectivity index (χ2v) is 7.58. The highest BCUT2D eigenvalue weighted by atomic mass is 16.7. The van der Waals surface area contributed by atoms with E-state index < -0.39 is 11.5 Å². The molecule has 1 aromatic carbocycles. The van der Waals surface area contributed by atoms with Crippen LogP contribution in [-0.2, 0) is 20.7 Å². The first-order valence-corrected chi connectivity index (χ1v) is 9.51. The van der Waals surface area contributed by atoms with Crippen LogP contribution in [0.1, 0.15) is 31.2 Å². The highest BCUT2D eigenvalue weighted by Crippen LogP contribution is 2.50. The molecule has 2 saturated heterocycles. The van der Waals surface area contributed by atoms with E-state index in [0.29, 0.717) is 63.4 Å². The molecule has 2 unspecified atom stereocenters. The Morgan fingerprint density at radius 2 is 1.93 bits per heavy atom. The number of carbonyl (C=O) groups excluding carboxylic acids is 1. The molecule has 0 radical (unpaired) electrons. The van der Waals surface area contributed by atoms with Crippen LogP contribution in [0, 0.1) is 5.92 Å². The molecule has 1 aliphatic carbocycles. The largest absolute Gasteiger partial charge is 0.493 e. The second-order valence-electron chi connectivity index (χ2n) is 7.58. The van der Waals surface area contributed by atoms with Crippen LogP contribution in [0.5, 0.6) is 11.5 Å². The number of amides is 1. The number of carbonyl (C=O) groups is 1. The number of nitrogens with zero attached hydrogens (tertiary/aromatic N) is 1. The van der Waals surface area contributed by atoms with E-state index >= 15 is 0 Å². The van der Waals surface area contributed by atoms with Crippen molar-refractivity contribution in [3.05, 3.63) is 23.8 Å². The smallest absolute Gasteiger partial charge is 0.225 e. The molecule has 7 nitrogen and oxygen atoms in total. The number of methoxy groups -OCH3 is 2. The fraction of sp³-hybridized carbons (Fsp3) is 0.650. The Kier molecular flexibility index (Phi) is 4.78. The first-order valence-electron chi connectivity index (χ1n) is 9.51. The van der Waals surface area contributed by atoms with Crippen LogP contribution in [0.2, 0.25) is 0 Å². The topological polar surface area (TPSA) is 77.5 Å². The van der Waals surface area contributed by atoms with Gasteiger partial charge in [-0.1, -0.05) is 6.07 Å². The van der Waals surface area contributed by atoms with Gasteiger partial charge in [-0.25, -0.2) is 0 Å². The third-order valence-corrected chi connectivity index (χ3v) is 6.16. The summed E-state index contributed by atoms with van der Waals surface area (Å²) in [6.45, 7) is 1.64. The number of rotatable bonds is 5. The van der Waals surface area contributed by atoms with Crippen LogP contribution in [0.3, 0.4) is 0 Å². The summed E-state index contributed by atoms with van der Waals surface area (Å²) in [5.41, 5.74) is -0.0731. The van der Waals surface area contributed by atoms with Gasteiger partial charge in [0.2, 0.25) is 5.91 Å². The summed E-state index contributed by atoms with van der Waals surface area (Å²) in [5.74, 6) is 0.581. The first kappa shape index (κ1) is 18.5. The summed E-state index contributed by atoms with van der Waals surface area (Å²) >= 11 is 0. The van der Waals surface area contributed by atoms with E-state index in [0.717, 1.165) is 5.56 Å². The molecule has 3 aliphatic rings. The molecule has 2 aliphatic heterocycles. The molecule has 4 rings (SSSR count). The Bertz CT molecular complexity index is 716. The summed E-state index contributed by atoms with van der Waals surface area (Å²) in [5, 5.41) is 11.3. The van der Waals surface area contributed by atoms with E-state index in [-0.39, 0.29) is 11.8 Å². The molecule has 148 valence electrons. The highest BCUT2D eigenvalue weighted by Gasteiger charge is 2.59. The van der Waals surface area contributed by atoms with Crippen molar-refractivity contribution in [2.75, 3.05) is 34.0 Å². The quantitative estimate of drug-likeness (QED) is 0.842. The van der Waals surface area contributed by atoms with Gasteiger partial charge >= 0.3 is 0 Å². The van der Waals surface area contributed by atoms with E-state index in [1.807, 2.05) is 18.2 Å². The van der Waals surface area contributed by atoms with Crippen molar-refractivity contribution in [1.82, 2.24) is 4.90 Å². The van der Waals surface area contributed by atoms with E-state index in [9.17, 15) is 9.90 Å². The minimum absolute atomic E-state index is 0.00183. The molecule has 2 atom stereocenters. The van der Waals surface area contributed by atoms with Gasteiger partial charge in [-0.2, -0.15) is 0 Å². The Balaban J connectivity index is 1.46. The summed E-state index contributed by atoms with van der Waals surface area (Å²) in [6.07, 6.45) is 2.65. The van der Waals surface area contributed by atoms with Gasteiger partial charge in [-0.15, -0.1) is 0 Å². The molecule has 7 heteroatoms. The van der Waals surface area contributed by atoms with Crippen molar-refractivity contribution in [3.63, 3.8) is 0 Å². The Labute approximate surface area is 159 Å². The van der Waals surface area contributed by atoms with Gasteiger partial charge in [0, 0.05) is 38.1 Å². The van der Waals surface area contributed by atoms with E-state index in [1.54, 1.807) is 19.1 Å². The van der Waals surface area contributed by atoms with Crippen LogP contribution >= 0.6 is 0 Å². The van der Waals surface area contributed by atoms with Crippen molar-refractivity contribution < 1.29 is 28.8 Å². The number of fused-ring (bicyclic) bond motifs is 1. The SMILES string of the molecule is COc1ccc(CCN2C(=O)CC3CC4(CCC32O)OCCO4)cc1OC. The van der Waals surface area contributed by atoms with Crippen molar-refractivity contribution in [2.45, 2.75) is 43.6 Å². The standard InChI is InChI=1S/C20H27NO6/c1-24-16-4-3-14(11-17(16)25-2)5-8-21-18(22)12-15-13-19(26-9-10-27-19)6-7-20(15,21)23/h3-4,11,15,23H,5-10,12-13H2,1-2H3. The summed E-state index contributed by atoms with van der Waals surface area (Å²) in [6, 6.07) is 5.73. The van der Waals surface area contributed by atoms with Gasteiger partial charge < -0.3 is 29.0 Å². The predicted molar refractivity (Wildman–Crippen MR) is 96.5 cm³/mol.